The monoisotopic (exact) mass is 601 g/mol. The van der Waals surface area contributed by atoms with Gasteiger partial charge in [-0.1, -0.05) is 115 Å². The van der Waals surface area contributed by atoms with E-state index in [1.54, 1.807) is 0 Å². The van der Waals surface area contributed by atoms with Crippen molar-refractivity contribution in [1.29, 1.82) is 0 Å². The summed E-state index contributed by atoms with van der Waals surface area (Å²) in [6, 6.07) is 57.8. The topological polar surface area (TPSA) is 29.5 Å². The van der Waals surface area contributed by atoms with Crippen LogP contribution in [-0.4, -0.2) is 0 Å². The third-order valence-corrected chi connectivity index (χ3v) is 9.42. The lowest BCUT2D eigenvalue weighted by atomic mass is 10.00. The zero-order chi connectivity index (χ0) is 30.9. The fourth-order valence-corrected chi connectivity index (χ4v) is 7.23. The number of anilines is 3. The third-order valence-electron chi connectivity index (χ3n) is 9.42. The zero-order valence-corrected chi connectivity index (χ0v) is 25.4. The first-order chi connectivity index (χ1) is 23.3. The molecule has 10 aromatic rings. The van der Waals surface area contributed by atoms with Crippen molar-refractivity contribution in [1.82, 2.24) is 0 Å². The maximum atomic E-state index is 6.65. The van der Waals surface area contributed by atoms with Gasteiger partial charge in [-0.05, 0) is 75.8 Å². The van der Waals surface area contributed by atoms with E-state index in [4.69, 9.17) is 8.83 Å². The van der Waals surface area contributed by atoms with Gasteiger partial charge in [0.25, 0.3) is 0 Å². The molecule has 3 heteroatoms. The molecular formula is C44H27NO2. The van der Waals surface area contributed by atoms with Crippen LogP contribution in [0, 0.1) is 0 Å². The molecule has 0 atom stereocenters. The molecular weight excluding hydrogens is 574 g/mol. The van der Waals surface area contributed by atoms with Crippen molar-refractivity contribution in [3.05, 3.63) is 164 Å². The van der Waals surface area contributed by atoms with Crippen molar-refractivity contribution in [3.8, 4) is 11.1 Å². The van der Waals surface area contributed by atoms with E-state index in [0.29, 0.717) is 0 Å². The molecule has 2 heterocycles. The SMILES string of the molecule is c1cc(-c2ccc3ccccc3c2)cc(N(c2cccc3c2oc2ccccc23)c2cccc3oc4c5ccccc5ccc4c23)c1. The molecule has 0 spiro atoms. The van der Waals surface area contributed by atoms with Gasteiger partial charge >= 0.3 is 0 Å². The standard InChI is InChI=1S/C44H27NO2/c1-2-12-30-26-32(23-22-28(30)10-1)31-13-7-14-33(27-31)45(39-19-8-17-36-35-16-5-6-20-40(35)46-44(36)39)38-18-9-21-41-42(38)37-25-24-29-11-3-4-15-34(29)43(37)47-41/h1-27H. The van der Waals surface area contributed by atoms with Crippen LogP contribution in [0.3, 0.4) is 0 Å². The summed E-state index contributed by atoms with van der Waals surface area (Å²) in [5, 5.41) is 9.07. The van der Waals surface area contributed by atoms with E-state index in [0.717, 1.165) is 77.3 Å². The summed E-state index contributed by atoms with van der Waals surface area (Å²) >= 11 is 0. The van der Waals surface area contributed by atoms with Gasteiger partial charge < -0.3 is 13.7 Å². The number of benzene rings is 8. The van der Waals surface area contributed by atoms with Crippen molar-refractivity contribution in [2.75, 3.05) is 4.90 Å². The van der Waals surface area contributed by atoms with Gasteiger partial charge in [0, 0.05) is 27.2 Å². The fraction of sp³-hybridized carbons (Fsp3) is 0. The molecule has 0 saturated carbocycles. The second-order valence-electron chi connectivity index (χ2n) is 12.1. The zero-order valence-electron chi connectivity index (χ0n) is 25.4. The van der Waals surface area contributed by atoms with Crippen LogP contribution in [0.4, 0.5) is 17.1 Å². The maximum absolute atomic E-state index is 6.65. The number of furan rings is 2. The maximum Gasteiger partial charge on any atom is 0.159 e. The average Bonchev–Trinajstić information content (AvgIpc) is 3.72. The Balaban J connectivity index is 1.27. The first-order valence-corrected chi connectivity index (χ1v) is 15.9. The van der Waals surface area contributed by atoms with Gasteiger partial charge in [0.05, 0.1) is 16.8 Å². The number of fused-ring (bicyclic) bond motifs is 9. The lowest BCUT2D eigenvalue weighted by Gasteiger charge is -2.26. The lowest BCUT2D eigenvalue weighted by Crippen LogP contribution is -2.10. The van der Waals surface area contributed by atoms with Crippen LogP contribution in [0.1, 0.15) is 0 Å². The molecule has 0 radical (unpaired) electrons. The highest BCUT2D eigenvalue weighted by molar-refractivity contribution is 6.20. The van der Waals surface area contributed by atoms with Crippen LogP contribution in [0.25, 0.3) is 76.5 Å². The molecule has 220 valence electrons. The highest BCUT2D eigenvalue weighted by atomic mass is 16.3. The summed E-state index contributed by atoms with van der Waals surface area (Å²) in [4.78, 5) is 2.34. The Kier molecular flexibility index (Phi) is 5.57. The third kappa shape index (κ3) is 4.00. The molecule has 0 saturated heterocycles. The second kappa shape index (κ2) is 10.1. The predicted octanol–water partition coefficient (Wildman–Crippen LogP) is 12.9. The molecule has 0 N–H and O–H groups in total. The first kappa shape index (κ1) is 26.0. The minimum Gasteiger partial charge on any atom is -0.455 e. The quantitative estimate of drug-likeness (QED) is 0.201. The summed E-state index contributed by atoms with van der Waals surface area (Å²) in [7, 11) is 0. The van der Waals surface area contributed by atoms with Crippen LogP contribution in [0.5, 0.6) is 0 Å². The Morgan fingerprint density at radius 2 is 1.02 bits per heavy atom. The molecule has 0 aliphatic carbocycles. The predicted molar refractivity (Wildman–Crippen MR) is 196 cm³/mol. The summed E-state index contributed by atoms with van der Waals surface area (Å²) in [6.45, 7) is 0. The van der Waals surface area contributed by atoms with Crippen molar-refractivity contribution >= 4 is 82.5 Å². The molecule has 0 fully saturated rings. The van der Waals surface area contributed by atoms with Crippen LogP contribution < -0.4 is 4.90 Å². The smallest absolute Gasteiger partial charge is 0.159 e. The van der Waals surface area contributed by atoms with Crippen molar-refractivity contribution in [2.24, 2.45) is 0 Å². The number of hydrogen-bond donors (Lipinski definition) is 0. The van der Waals surface area contributed by atoms with Crippen LogP contribution in [-0.2, 0) is 0 Å². The second-order valence-corrected chi connectivity index (χ2v) is 12.1. The molecule has 3 nitrogen and oxygen atoms in total. The minimum absolute atomic E-state index is 0.847. The number of para-hydroxylation sites is 2. The summed E-state index contributed by atoms with van der Waals surface area (Å²) in [5.74, 6) is 0. The van der Waals surface area contributed by atoms with Crippen LogP contribution in [0.15, 0.2) is 173 Å². The van der Waals surface area contributed by atoms with Crippen molar-refractivity contribution in [3.63, 3.8) is 0 Å². The Bertz CT molecular complexity index is 2820. The highest BCUT2D eigenvalue weighted by Crippen LogP contribution is 2.47. The number of hydrogen-bond acceptors (Lipinski definition) is 3. The van der Waals surface area contributed by atoms with Gasteiger partial charge in [-0.2, -0.15) is 0 Å². The van der Waals surface area contributed by atoms with E-state index in [9.17, 15) is 0 Å². The van der Waals surface area contributed by atoms with Crippen molar-refractivity contribution in [2.45, 2.75) is 0 Å². The number of nitrogens with zero attached hydrogens (tertiary/aromatic N) is 1. The molecule has 0 aliphatic rings. The normalized spacial score (nSPS) is 11.8. The van der Waals surface area contributed by atoms with E-state index < -0.39 is 0 Å². The summed E-state index contributed by atoms with van der Waals surface area (Å²) < 4.78 is 13.3. The van der Waals surface area contributed by atoms with Gasteiger partial charge in [-0.25, -0.2) is 0 Å². The van der Waals surface area contributed by atoms with Gasteiger partial charge in [0.15, 0.2) is 5.58 Å². The Morgan fingerprint density at radius 1 is 0.362 bits per heavy atom. The molecule has 10 rings (SSSR count). The van der Waals surface area contributed by atoms with Gasteiger partial charge in [0.2, 0.25) is 0 Å². The van der Waals surface area contributed by atoms with E-state index in [1.165, 1.54) is 16.3 Å². The van der Waals surface area contributed by atoms with E-state index in [2.05, 4.69) is 157 Å². The van der Waals surface area contributed by atoms with Crippen LogP contribution in [0.2, 0.25) is 0 Å². The highest BCUT2D eigenvalue weighted by Gasteiger charge is 2.24. The van der Waals surface area contributed by atoms with Gasteiger partial charge in [-0.15, -0.1) is 0 Å². The van der Waals surface area contributed by atoms with E-state index in [-0.39, 0.29) is 0 Å². The largest absolute Gasteiger partial charge is 0.455 e. The summed E-state index contributed by atoms with van der Waals surface area (Å²) in [5.41, 5.74) is 8.82. The molecule has 0 amide bonds. The molecule has 0 bridgehead atoms. The first-order valence-electron chi connectivity index (χ1n) is 15.9. The number of rotatable bonds is 4. The van der Waals surface area contributed by atoms with Crippen molar-refractivity contribution < 1.29 is 8.83 Å². The minimum atomic E-state index is 0.847. The average molecular weight is 602 g/mol. The Hall–Kier alpha value is -6.32. The molecule has 8 aromatic carbocycles. The van der Waals surface area contributed by atoms with E-state index >= 15 is 0 Å². The molecule has 47 heavy (non-hydrogen) atoms. The molecule has 0 aliphatic heterocycles. The van der Waals surface area contributed by atoms with Gasteiger partial charge in [-0.3, -0.25) is 0 Å². The van der Waals surface area contributed by atoms with Gasteiger partial charge in [0.1, 0.15) is 16.7 Å². The Labute approximate surface area is 270 Å². The fourth-order valence-electron chi connectivity index (χ4n) is 7.23. The van der Waals surface area contributed by atoms with E-state index in [1.807, 2.05) is 12.1 Å². The molecule has 2 aromatic heterocycles. The summed E-state index contributed by atoms with van der Waals surface area (Å²) in [6.07, 6.45) is 0. The lowest BCUT2D eigenvalue weighted by molar-refractivity contribution is 0.669. The Morgan fingerprint density at radius 3 is 1.96 bits per heavy atom. The molecule has 0 unspecified atom stereocenters. The van der Waals surface area contributed by atoms with Crippen LogP contribution >= 0.6 is 0 Å².